The Kier molecular flexibility index (Phi) is 5.86. The van der Waals surface area contributed by atoms with Crippen LogP contribution in [-0.2, 0) is 24.2 Å². The van der Waals surface area contributed by atoms with Crippen LogP contribution < -0.4 is 5.32 Å². The fourth-order valence-corrected chi connectivity index (χ4v) is 3.59. The number of aliphatic hydroxyl groups is 1. The lowest BCUT2D eigenvalue weighted by molar-refractivity contribution is -0.136. The third-order valence-corrected chi connectivity index (χ3v) is 5.35. The molecule has 25 heavy (non-hydrogen) atoms. The largest absolute Gasteiger partial charge is 0.466 e. The number of β-amino-alcohol motifs (C(OH)–C–C–N with tert-alkyl or cyclic N) is 1. The summed E-state index contributed by atoms with van der Waals surface area (Å²) in [6, 6.07) is 4.29. The van der Waals surface area contributed by atoms with Crippen molar-refractivity contribution in [1.82, 2.24) is 4.90 Å². The first-order valence-electron chi connectivity index (χ1n) is 7.17. The molecule has 2 rings (SSSR count). The van der Waals surface area contributed by atoms with Crippen molar-refractivity contribution < 1.29 is 27.9 Å². The van der Waals surface area contributed by atoms with Crippen molar-refractivity contribution in [2.45, 2.75) is 4.90 Å². The van der Waals surface area contributed by atoms with Gasteiger partial charge in [0.1, 0.15) is 5.70 Å². The highest BCUT2D eigenvalue weighted by molar-refractivity contribution is 9.10. The molecule has 0 saturated heterocycles. The first kappa shape index (κ1) is 19.4. The van der Waals surface area contributed by atoms with E-state index in [1.165, 1.54) is 30.2 Å². The smallest absolute Gasteiger partial charge is 0.337 e. The van der Waals surface area contributed by atoms with Gasteiger partial charge in [0.05, 0.1) is 36.4 Å². The van der Waals surface area contributed by atoms with E-state index >= 15 is 0 Å². The average molecular weight is 433 g/mol. The van der Waals surface area contributed by atoms with Crippen LogP contribution in [0.15, 0.2) is 38.8 Å². The third kappa shape index (κ3) is 4.20. The van der Waals surface area contributed by atoms with E-state index < -0.39 is 21.7 Å². The molecule has 0 saturated carbocycles. The van der Waals surface area contributed by atoms with Gasteiger partial charge < -0.3 is 20.1 Å². The van der Waals surface area contributed by atoms with E-state index in [0.717, 1.165) is 6.26 Å². The van der Waals surface area contributed by atoms with E-state index in [2.05, 4.69) is 21.2 Å². The highest BCUT2D eigenvalue weighted by Gasteiger charge is 2.34. The molecule has 1 amide bonds. The number of aliphatic hydroxyl groups excluding tert-OH is 1. The first-order chi connectivity index (χ1) is 11.7. The molecule has 0 spiro atoms. The number of nitrogens with one attached hydrogen (secondary N) is 1. The maximum absolute atomic E-state index is 12.4. The van der Waals surface area contributed by atoms with Gasteiger partial charge in [-0.1, -0.05) is 0 Å². The number of carbonyl (C=O) groups is 2. The standard InChI is InChI=1S/C15H17BrN2O6S/c1-24-15(21)10-8-18(5-6-19)14(20)13(10)17-12-4-3-9(7-11(12)16)25(2,22)23/h3-4,7,17,19H,5-6,8H2,1-2H3. The number of ether oxygens (including phenoxy) is 1. The number of esters is 1. The topological polar surface area (TPSA) is 113 Å². The SMILES string of the molecule is COC(=O)C1=C(Nc2ccc(S(C)(=O)=O)cc2Br)C(=O)N(CCO)C1. The van der Waals surface area contributed by atoms with Crippen LogP contribution in [0.3, 0.4) is 0 Å². The minimum absolute atomic E-state index is 0.0213. The number of rotatable bonds is 6. The molecule has 1 aromatic rings. The Morgan fingerprint density at radius 3 is 2.64 bits per heavy atom. The Hall–Kier alpha value is -1.91. The van der Waals surface area contributed by atoms with Crippen molar-refractivity contribution in [3.63, 3.8) is 0 Å². The number of anilines is 1. The minimum atomic E-state index is -3.37. The summed E-state index contributed by atoms with van der Waals surface area (Å²) in [6.45, 7) is -0.133. The molecular formula is C15H17BrN2O6S. The fourth-order valence-electron chi connectivity index (χ4n) is 2.31. The number of hydrogen-bond donors (Lipinski definition) is 2. The summed E-state index contributed by atoms with van der Waals surface area (Å²) < 4.78 is 28.3. The molecular weight excluding hydrogens is 416 g/mol. The fraction of sp³-hybridized carbons (Fsp3) is 0.333. The summed E-state index contributed by atoms with van der Waals surface area (Å²) in [5, 5.41) is 11.9. The van der Waals surface area contributed by atoms with Crippen LogP contribution in [0.2, 0.25) is 0 Å². The molecule has 8 nitrogen and oxygen atoms in total. The van der Waals surface area contributed by atoms with Gasteiger partial charge in [-0.15, -0.1) is 0 Å². The predicted octanol–water partition coefficient (Wildman–Crippen LogP) is 0.526. The summed E-state index contributed by atoms with van der Waals surface area (Å²) in [4.78, 5) is 25.8. The summed E-state index contributed by atoms with van der Waals surface area (Å²) in [5.41, 5.74) is 0.594. The van der Waals surface area contributed by atoms with Crippen LogP contribution >= 0.6 is 15.9 Å². The second-order valence-electron chi connectivity index (χ2n) is 5.33. The maximum Gasteiger partial charge on any atom is 0.337 e. The Bertz CT molecular complexity index is 850. The van der Waals surface area contributed by atoms with E-state index in [0.29, 0.717) is 10.2 Å². The van der Waals surface area contributed by atoms with Crippen LogP contribution in [-0.4, -0.2) is 63.4 Å². The van der Waals surface area contributed by atoms with Gasteiger partial charge in [-0.05, 0) is 34.1 Å². The maximum atomic E-state index is 12.4. The number of carbonyl (C=O) groups excluding carboxylic acids is 2. The van der Waals surface area contributed by atoms with Gasteiger partial charge in [-0.3, -0.25) is 4.79 Å². The number of nitrogens with zero attached hydrogens (tertiary/aromatic N) is 1. The van der Waals surface area contributed by atoms with E-state index in [4.69, 9.17) is 9.84 Å². The molecule has 0 radical (unpaired) electrons. The quantitative estimate of drug-likeness (QED) is 0.630. The molecule has 1 aliphatic rings. The molecule has 1 aromatic carbocycles. The Labute approximate surface area is 153 Å². The zero-order chi connectivity index (χ0) is 18.8. The lowest BCUT2D eigenvalue weighted by atomic mass is 10.2. The average Bonchev–Trinajstić information content (AvgIpc) is 2.85. The number of methoxy groups -OCH3 is 1. The molecule has 0 bridgehead atoms. The van der Waals surface area contributed by atoms with Crippen LogP contribution in [0.5, 0.6) is 0 Å². The van der Waals surface area contributed by atoms with Crippen molar-refractivity contribution >= 4 is 43.3 Å². The summed E-state index contributed by atoms with van der Waals surface area (Å²) >= 11 is 3.26. The van der Waals surface area contributed by atoms with Crippen molar-refractivity contribution in [3.05, 3.63) is 33.9 Å². The van der Waals surface area contributed by atoms with Gasteiger partial charge in [0.2, 0.25) is 0 Å². The predicted molar refractivity (Wildman–Crippen MR) is 93.6 cm³/mol. The summed E-state index contributed by atoms with van der Waals surface area (Å²) in [5.74, 6) is -1.10. The molecule has 1 aliphatic heterocycles. The van der Waals surface area contributed by atoms with Gasteiger partial charge in [0.25, 0.3) is 5.91 Å². The zero-order valence-electron chi connectivity index (χ0n) is 13.6. The highest BCUT2D eigenvalue weighted by atomic mass is 79.9. The number of benzene rings is 1. The van der Waals surface area contributed by atoms with Gasteiger partial charge in [-0.25, -0.2) is 13.2 Å². The van der Waals surface area contributed by atoms with Crippen LogP contribution in [0.25, 0.3) is 0 Å². The summed E-state index contributed by atoms with van der Waals surface area (Å²) in [7, 11) is -2.16. The van der Waals surface area contributed by atoms with E-state index in [1.807, 2.05) is 0 Å². The van der Waals surface area contributed by atoms with Crippen LogP contribution in [0.4, 0.5) is 5.69 Å². The molecule has 0 unspecified atom stereocenters. The van der Waals surface area contributed by atoms with Gasteiger partial charge in [-0.2, -0.15) is 0 Å². The Morgan fingerprint density at radius 2 is 2.12 bits per heavy atom. The number of hydrogen-bond acceptors (Lipinski definition) is 7. The summed E-state index contributed by atoms with van der Waals surface area (Å²) in [6.07, 6.45) is 1.09. The van der Waals surface area contributed by atoms with Crippen molar-refractivity contribution in [2.75, 3.05) is 38.4 Å². The third-order valence-electron chi connectivity index (χ3n) is 3.58. The van der Waals surface area contributed by atoms with E-state index in [9.17, 15) is 18.0 Å². The van der Waals surface area contributed by atoms with Crippen molar-refractivity contribution in [3.8, 4) is 0 Å². The zero-order valence-corrected chi connectivity index (χ0v) is 16.0. The monoisotopic (exact) mass is 432 g/mol. The molecule has 10 heteroatoms. The Balaban J connectivity index is 2.38. The molecule has 0 atom stereocenters. The van der Waals surface area contributed by atoms with Crippen LogP contribution in [0.1, 0.15) is 0 Å². The minimum Gasteiger partial charge on any atom is -0.466 e. The van der Waals surface area contributed by atoms with Crippen molar-refractivity contribution in [2.24, 2.45) is 0 Å². The second kappa shape index (κ2) is 7.54. The molecule has 136 valence electrons. The van der Waals surface area contributed by atoms with Gasteiger partial charge >= 0.3 is 5.97 Å². The lowest BCUT2D eigenvalue weighted by Crippen LogP contribution is -2.31. The van der Waals surface area contributed by atoms with Gasteiger partial charge in [0.15, 0.2) is 9.84 Å². The molecule has 0 fully saturated rings. The van der Waals surface area contributed by atoms with Gasteiger partial charge in [0, 0.05) is 17.3 Å². The second-order valence-corrected chi connectivity index (χ2v) is 8.20. The van der Waals surface area contributed by atoms with Crippen molar-refractivity contribution in [1.29, 1.82) is 0 Å². The normalized spacial score (nSPS) is 14.9. The molecule has 2 N–H and O–H groups in total. The molecule has 0 aliphatic carbocycles. The van der Waals surface area contributed by atoms with E-state index in [1.54, 1.807) is 0 Å². The number of halogens is 1. The highest BCUT2D eigenvalue weighted by Crippen LogP contribution is 2.29. The molecule has 1 heterocycles. The lowest BCUT2D eigenvalue weighted by Gasteiger charge is -2.15. The molecule has 0 aromatic heterocycles. The van der Waals surface area contributed by atoms with E-state index in [-0.39, 0.29) is 35.9 Å². The van der Waals surface area contributed by atoms with Crippen LogP contribution in [0, 0.1) is 0 Å². The first-order valence-corrected chi connectivity index (χ1v) is 9.85. The Morgan fingerprint density at radius 1 is 1.44 bits per heavy atom. The number of amides is 1. The number of sulfone groups is 1.